The monoisotopic (exact) mass is 151 g/mol. The Labute approximate surface area is 62.0 Å². The van der Waals surface area contributed by atoms with E-state index < -0.39 is 0 Å². The first-order chi connectivity index (χ1) is 5.29. The van der Waals surface area contributed by atoms with Crippen LogP contribution in [0.4, 0.5) is 0 Å². The van der Waals surface area contributed by atoms with Gasteiger partial charge >= 0.3 is 0 Å². The van der Waals surface area contributed by atoms with Gasteiger partial charge in [0.25, 0.3) is 11.8 Å². The summed E-state index contributed by atoms with van der Waals surface area (Å²) in [5.74, 6) is -0.452. The zero-order chi connectivity index (χ0) is 7.84. The van der Waals surface area contributed by atoms with E-state index in [2.05, 4.69) is 10.4 Å². The molecular formula is C6H5N3O2. The molecule has 0 bridgehead atoms. The highest BCUT2D eigenvalue weighted by molar-refractivity contribution is 6.02. The van der Waals surface area contributed by atoms with Gasteiger partial charge in [0.2, 0.25) is 0 Å². The molecule has 1 aromatic rings. The molecule has 0 radical (unpaired) electrons. The van der Waals surface area contributed by atoms with E-state index in [1.165, 1.54) is 12.3 Å². The van der Waals surface area contributed by atoms with Crippen LogP contribution >= 0.6 is 0 Å². The van der Waals surface area contributed by atoms with Crippen LogP contribution in [0.15, 0.2) is 12.3 Å². The maximum absolute atomic E-state index is 11.0. The second kappa shape index (κ2) is 1.91. The largest absolute Gasteiger partial charge is 0.342 e. The van der Waals surface area contributed by atoms with Crippen molar-refractivity contribution in [1.29, 1.82) is 0 Å². The van der Waals surface area contributed by atoms with Crippen molar-refractivity contribution < 1.29 is 9.59 Å². The Bertz CT molecular complexity index is 298. The molecule has 11 heavy (non-hydrogen) atoms. The van der Waals surface area contributed by atoms with Crippen LogP contribution in [0.5, 0.6) is 0 Å². The van der Waals surface area contributed by atoms with Crippen molar-refractivity contribution in [3.05, 3.63) is 18.0 Å². The molecule has 0 saturated carbocycles. The highest BCUT2D eigenvalue weighted by Crippen LogP contribution is 2.01. The zero-order valence-corrected chi connectivity index (χ0v) is 5.57. The van der Waals surface area contributed by atoms with E-state index in [0.29, 0.717) is 5.69 Å². The summed E-state index contributed by atoms with van der Waals surface area (Å²) in [6, 6.07) is 1.51. The van der Waals surface area contributed by atoms with E-state index in [4.69, 9.17) is 0 Å². The maximum Gasteiger partial charge on any atom is 0.270 e. The van der Waals surface area contributed by atoms with Gasteiger partial charge in [-0.2, -0.15) is 9.78 Å². The van der Waals surface area contributed by atoms with Crippen LogP contribution in [0.25, 0.3) is 0 Å². The minimum atomic E-state index is -0.248. The lowest BCUT2D eigenvalue weighted by molar-refractivity contribution is 0.0795. The molecular weight excluding hydrogens is 146 g/mol. The smallest absolute Gasteiger partial charge is 0.270 e. The Kier molecular flexibility index (Phi) is 1.06. The van der Waals surface area contributed by atoms with Crippen molar-refractivity contribution in [2.24, 2.45) is 0 Å². The van der Waals surface area contributed by atoms with Gasteiger partial charge in [-0.3, -0.25) is 9.59 Å². The van der Waals surface area contributed by atoms with E-state index in [0.717, 1.165) is 4.68 Å². The molecule has 1 aliphatic rings. The average molecular weight is 151 g/mol. The number of rotatable bonds is 0. The highest BCUT2D eigenvalue weighted by atomic mass is 16.2. The molecule has 1 amide bonds. The fourth-order valence-corrected chi connectivity index (χ4v) is 0.995. The fraction of sp³-hybridized carbons (Fsp3) is 0.167. The van der Waals surface area contributed by atoms with E-state index in [1.807, 2.05) is 0 Å². The molecule has 1 aliphatic heterocycles. The minimum absolute atomic E-state index is 0.0352. The van der Waals surface area contributed by atoms with Crippen LogP contribution in [0, 0.1) is 0 Å². The van der Waals surface area contributed by atoms with Crippen molar-refractivity contribution in [3.63, 3.8) is 0 Å². The first-order valence-corrected chi connectivity index (χ1v) is 3.14. The molecule has 0 unspecified atom stereocenters. The van der Waals surface area contributed by atoms with E-state index in [-0.39, 0.29) is 18.4 Å². The van der Waals surface area contributed by atoms with Crippen LogP contribution in [-0.4, -0.2) is 28.1 Å². The number of nitrogens with zero attached hydrogens (tertiary/aromatic N) is 2. The standard InChI is InChI=1S/C6H5N3O2/c10-5-3-7-6(11)4-1-2-8-9(4)5/h1-2H,3H2,(H,7,11). The summed E-state index contributed by atoms with van der Waals surface area (Å²) < 4.78 is 1.11. The lowest BCUT2D eigenvalue weighted by atomic mass is 10.3. The van der Waals surface area contributed by atoms with Crippen LogP contribution in [-0.2, 0) is 0 Å². The van der Waals surface area contributed by atoms with Gasteiger partial charge in [-0.05, 0) is 6.07 Å². The number of amides is 1. The third-order valence-corrected chi connectivity index (χ3v) is 1.51. The number of fused-ring (bicyclic) bond motifs is 1. The van der Waals surface area contributed by atoms with Gasteiger partial charge in [0.15, 0.2) is 0 Å². The van der Waals surface area contributed by atoms with Gasteiger partial charge in [0.1, 0.15) is 5.69 Å². The molecule has 5 nitrogen and oxygen atoms in total. The summed E-state index contributed by atoms with van der Waals surface area (Å²) in [5.41, 5.74) is 0.307. The second-order valence-electron chi connectivity index (χ2n) is 2.20. The molecule has 1 aromatic heterocycles. The van der Waals surface area contributed by atoms with Crippen molar-refractivity contribution in [3.8, 4) is 0 Å². The van der Waals surface area contributed by atoms with Crippen molar-refractivity contribution in [2.45, 2.75) is 0 Å². The summed E-state index contributed by atoms with van der Waals surface area (Å²) >= 11 is 0. The lowest BCUT2D eigenvalue weighted by Crippen LogP contribution is -2.40. The van der Waals surface area contributed by atoms with Crippen LogP contribution in [0.3, 0.4) is 0 Å². The Morgan fingerprint density at radius 3 is 3.09 bits per heavy atom. The normalized spacial score (nSPS) is 16.0. The molecule has 0 aromatic carbocycles. The minimum Gasteiger partial charge on any atom is -0.342 e. The van der Waals surface area contributed by atoms with Gasteiger partial charge in [0, 0.05) is 0 Å². The number of hydrogen-bond donors (Lipinski definition) is 1. The summed E-state index contributed by atoms with van der Waals surface area (Å²) in [5, 5.41) is 6.12. The van der Waals surface area contributed by atoms with E-state index in [9.17, 15) is 9.59 Å². The molecule has 56 valence electrons. The van der Waals surface area contributed by atoms with Crippen LogP contribution < -0.4 is 5.32 Å². The van der Waals surface area contributed by atoms with Gasteiger partial charge in [-0.25, -0.2) is 0 Å². The molecule has 2 rings (SSSR count). The van der Waals surface area contributed by atoms with E-state index in [1.54, 1.807) is 0 Å². The lowest BCUT2D eigenvalue weighted by Gasteiger charge is -2.11. The van der Waals surface area contributed by atoms with Crippen molar-refractivity contribution in [2.75, 3.05) is 6.54 Å². The van der Waals surface area contributed by atoms with Gasteiger partial charge in [-0.1, -0.05) is 0 Å². The molecule has 0 spiro atoms. The number of hydrogen-bond acceptors (Lipinski definition) is 3. The third-order valence-electron chi connectivity index (χ3n) is 1.51. The number of nitrogens with one attached hydrogen (secondary N) is 1. The third kappa shape index (κ3) is 0.739. The number of carbonyl (C=O) groups excluding carboxylic acids is 2. The van der Waals surface area contributed by atoms with Crippen molar-refractivity contribution in [1.82, 2.24) is 15.1 Å². The number of carbonyl (C=O) groups is 2. The quantitative estimate of drug-likeness (QED) is 0.531. The molecule has 5 heteroatoms. The zero-order valence-electron chi connectivity index (χ0n) is 5.57. The molecule has 0 atom stereocenters. The van der Waals surface area contributed by atoms with Gasteiger partial charge in [-0.15, -0.1) is 0 Å². The van der Waals surface area contributed by atoms with Gasteiger partial charge < -0.3 is 5.32 Å². The van der Waals surface area contributed by atoms with Crippen LogP contribution in [0.2, 0.25) is 0 Å². The second-order valence-corrected chi connectivity index (χ2v) is 2.20. The molecule has 1 N–H and O–H groups in total. The summed E-state index contributed by atoms with van der Waals surface area (Å²) in [4.78, 5) is 21.9. The highest BCUT2D eigenvalue weighted by Gasteiger charge is 2.22. The molecule has 0 fully saturated rings. The number of aromatic nitrogens is 2. The summed E-state index contributed by atoms with van der Waals surface area (Å²) in [6.07, 6.45) is 1.43. The Hall–Kier alpha value is -1.65. The molecule has 0 aliphatic carbocycles. The Morgan fingerprint density at radius 2 is 2.36 bits per heavy atom. The topological polar surface area (TPSA) is 64.0 Å². The Balaban J connectivity index is 2.59. The van der Waals surface area contributed by atoms with Gasteiger partial charge in [0.05, 0.1) is 12.7 Å². The average Bonchev–Trinajstić information content (AvgIpc) is 2.45. The Morgan fingerprint density at radius 1 is 1.55 bits per heavy atom. The van der Waals surface area contributed by atoms with Crippen molar-refractivity contribution >= 4 is 11.8 Å². The molecule has 0 saturated heterocycles. The first-order valence-electron chi connectivity index (χ1n) is 3.14. The maximum atomic E-state index is 11.0. The summed E-state index contributed by atoms with van der Waals surface area (Å²) in [7, 11) is 0. The summed E-state index contributed by atoms with van der Waals surface area (Å²) in [6.45, 7) is 0.0352. The van der Waals surface area contributed by atoms with E-state index >= 15 is 0 Å². The predicted octanol–water partition coefficient (Wildman–Crippen LogP) is -0.733. The SMILES string of the molecule is O=C1NCC(=O)n2nccc21. The van der Waals surface area contributed by atoms with Crippen LogP contribution in [0.1, 0.15) is 15.3 Å². The molecule has 2 heterocycles. The predicted molar refractivity (Wildman–Crippen MR) is 35.2 cm³/mol. The first kappa shape index (κ1) is 6.09. The fourth-order valence-electron chi connectivity index (χ4n) is 0.995.